The van der Waals surface area contributed by atoms with Gasteiger partial charge in [0.2, 0.25) is 11.5 Å². The fourth-order valence-corrected chi connectivity index (χ4v) is 4.93. The number of benzene rings is 1. The summed E-state index contributed by atoms with van der Waals surface area (Å²) in [6.45, 7) is 4.60. The van der Waals surface area contributed by atoms with Crippen molar-refractivity contribution in [1.29, 1.82) is 5.26 Å². The van der Waals surface area contributed by atoms with Crippen LogP contribution in [0.25, 0.3) is 11.3 Å². The number of nitriles is 1. The molecule has 2 aromatic heterocycles. The van der Waals surface area contributed by atoms with E-state index in [1.54, 1.807) is 6.07 Å². The highest BCUT2D eigenvalue weighted by atomic mass is 32.1. The van der Waals surface area contributed by atoms with Crippen molar-refractivity contribution in [1.82, 2.24) is 10.2 Å². The minimum Gasteiger partial charge on any atom is -0.396 e. The van der Waals surface area contributed by atoms with Crippen LogP contribution in [-0.2, 0) is 0 Å². The first kappa shape index (κ1) is 20.1. The summed E-state index contributed by atoms with van der Waals surface area (Å²) in [5.41, 5.74) is 8.25. The third kappa shape index (κ3) is 3.70. The summed E-state index contributed by atoms with van der Waals surface area (Å²) in [5.74, 6) is -0.247. The van der Waals surface area contributed by atoms with E-state index in [1.165, 1.54) is 17.8 Å². The predicted molar refractivity (Wildman–Crippen MR) is 117 cm³/mol. The maximum Gasteiger partial charge on any atom is 0.243 e. The van der Waals surface area contributed by atoms with Crippen molar-refractivity contribution in [3.05, 3.63) is 52.6 Å². The third-order valence-corrected chi connectivity index (χ3v) is 6.47. The highest BCUT2D eigenvalue weighted by Gasteiger charge is 2.29. The summed E-state index contributed by atoms with van der Waals surface area (Å²) in [4.78, 5) is 13.4. The van der Waals surface area contributed by atoms with Gasteiger partial charge in [-0.3, -0.25) is 9.80 Å². The number of ketones is 1. The number of rotatable bonds is 6. The van der Waals surface area contributed by atoms with Gasteiger partial charge in [-0.05, 0) is 19.8 Å². The molecule has 154 valence electrons. The second kappa shape index (κ2) is 8.69. The number of piperidine rings is 1. The Morgan fingerprint density at radius 1 is 1.30 bits per heavy atom. The third-order valence-electron chi connectivity index (χ3n) is 5.26. The second-order valence-electron chi connectivity index (χ2n) is 7.14. The van der Waals surface area contributed by atoms with Gasteiger partial charge in [-0.1, -0.05) is 41.9 Å². The molecule has 1 aliphatic rings. The zero-order valence-electron chi connectivity index (χ0n) is 16.8. The van der Waals surface area contributed by atoms with Gasteiger partial charge >= 0.3 is 0 Å². The van der Waals surface area contributed by atoms with Gasteiger partial charge in [0.25, 0.3) is 0 Å². The van der Waals surface area contributed by atoms with Gasteiger partial charge in [-0.2, -0.15) is 5.26 Å². The zero-order valence-corrected chi connectivity index (χ0v) is 17.6. The molecule has 0 aliphatic carbocycles. The van der Waals surface area contributed by atoms with Gasteiger partial charge in [0.05, 0.1) is 5.69 Å². The van der Waals surface area contributed by atoms with Crippen LogP contribution in [0.5, 0.6) is 0 Å². The van der Waals surface area contributed by atoms with Crippen molar-refractivity contribution in [2.24, 2.45) is 0 Å². The van der Waals surface area contributed by atoms with E-state index in [1.807, 2.05) is 37.3 Å². The summed E-state index contributed by atoms with van der Waals surface area (Å²) in [7, 11) is 0. The molecule has 1 aromatic carbocycles. The fraction of sp³-hybridized carbons (Fsp3) is 0.318. The topological polar surface area (TPSA) is 99.4 Å². The normalized spacial score (nSPS) is 14.4. The Bertz CT molecular complexity index is 1080. The summed E-state index contributed by atoms with van der Waals surface area (Å²) in [6, 6.07) is 13.3. The van der Waals surface area contributed by atoms with Crippen LogP contribution in [-0.4, -0.2) is 35.6 Å². The maximum absolute atomic E-state index is 13.1. The minimum absolute atomic E-state index is 0.110. The van der Waals surface area contributed by atoms with Crippen molar-refractivity contribution in [3.8, 4) is 17.3 Å². The van der Waals surface area contributed by atoms with Crippen LogP contribution < -0.4 is 10.7 Å². The molecule has 1 fully saturated rings. The van der Waals surface area contributed by atoms with Gasteiger partial charge in [-0.15, -0.1) is 11.3 Å². The Hall–Kier alpha value is -3.15. The molecule has 8 heteroatoms. The second-order valence-corrected chi connectivity index (χ2v) is 8.14. The fourth-order valence-electron chi connectivity index (χ4n) is 3.72. The number of hydrogen-bond acceptors (Lipinski definition) is 8. The molecular weight excluding hydrogens is 398 g/mol. The predicted octanol–water partition coefficient (Wildman–Crippen LogP) is 4.32. The molecule has 30 heavy (non-hydrogen) atoms. The number of aromatic nitrogens is 1. The van der Waals surface area contributed by atoms with E-state index in [0.717, 1.165) is 31.5 Å². The summed E-state index contributed by atoms with van der Waals surface area (Å²) < 4.78 is 5.32. The highest BCUT2D eigenvalue weighted by Crippen LogP contribution is 2.40. The Balaban J connectivity index is 1.67. The highest BCUT2D eigenvalue weighted by molar-refractivity contribution is 7.19. The van der Waals surface area contributed by atoms with Crippen molar-refractivity contribution >= 4 is 27.8 Å². The lowest BCUT2D eigenvalue weighted by Crippen LogP contribution is -2.45. The number of carbonyl (C=O) groups excluding carboxylic acids is 1. The first-order valence-corrected chi connectivity index (χ1v) is 10.9. The van der Waals surface area contributed by atoms with Crippen LogP contribution >= 0.6 is 11.3 Å². The lowest BCUT2D eigenvalue weighted by atomic mass is 10.1. The van der Waals surface area contributed by atoms with Gasteiger partial charge in [0, 0.05) is 31.3 Å². The lowest BCUT2D eigenvalue weighted by Gasteiger charge is -2.37. The van der Waals surface area contributed by atoms with E-state index in [-0.39, 0.29) is 17.2 Å². The van der Waals surface area contributed by atoms with E-state index in [9.17, 15) is 10.1 Å². The summed E-state index contributed by atoms with van der Waals surface area (Å²) >= 11 is 1.24. The van der Waals surface area contributed by atoms with Gasteiger partial charge in [0.1, 0.15) is 27.2 Å². The number of hydrazine groups is 1. The van der Waals surface area contributed by atoms with Gasteiger partial charge in [-0.25, -0.2) is 5.01 Å². The average molecular weight is 422 g/mol. The molecule has 0 radical (unpaired) electrons. The van der Waals surface area contributed by atoms with Crippen LogP contribution in [0.4, 0.5) is 10.7 Å². The average Bonchev–Trinajstić information content (AvgIpc) is 3.40. The van der Waals surface area contributed by atoms with Crippen LogP contribution in [0.1, 0.15) is 47.2 Å². The standard InChI is InChI=1S/C22H23N5O2S/c1-2-27(26-11-7-4-8-12-26)22-16(14-23)19(24)21(30-22)20(28)18-13-17(25-29-18)15-9-5-3-6-10-15/h3,5-6,9-10,13H,2,4,7-8,11-12,24H2,1H3. The number of carbonyl (C=O) groups is 1. The molecule has 0 unspecified atom stereocenters. The van der Waals surface area contributed by atoms with E-state index in [2.05, 4.69) is 21.2 Å². The van der Waals surface area contributed by atoms with Crippen molar-refractivity contribution in [2.45, 2.75) is 26.2 Å². The summed E-state index contributed by atoms with van der Waals surface area (Å²) in [6.07, 6.45) is 3.45. The zero-order chi connectivity index (χ0) is 21.1. The lowest BCUT2D eigenvalue weighted by molar-refractivity contribution is 0.100. The van der Waals surface area contributed by atoms with Crippen molar-refractivity contribution < 1.29 is 9.32 Å². The molecule has 0 amide bonds. The Kier molecular flexibility index (Phi) is 5.84. The molecule has 1 saturated heterocycles. The van der Waals surface area contributed by atoms with E-state index >= 15 is 0 Å². The van der Waals surface area contributed by atoms with E-state index in [0.29, 0.717) is 27.7 Å². The van der Waals surface area contributed by atoms with Gasteiger partial charge < -0.3 is 10.3 Å². The molecule has 2 N–H and O–H groups in total. The van der Waals surface area contributed by atoms with Crippen molar-refractivity contribution in [2.75, 3.05) is 30.4 Å². The first-order valence-electron chi connectivity index (χ1n) is 10.1. The number of nitrogens with two attached hydrogens (primary N) is 1. The number of hydrogen-bond donors (Lipinski definition) is 1. The Morgan fingerprint density at radius 3 is 2.70 bits per heavy atom. The molecule has 4 rings (SSSR count). The summed E-state index contributed by atoms with van der Waals surface area (Å²) in [5, 5.41) is 18.8. The maximum atomic E-state index is 13.1. The quantitative estimate of drug-likeness (QED) is 0.592. The molecule has 7 nitrogen and oxygen atoms in total. The largest absolute Gasteiger partial charge is 0.396 e. The number of anilines is 2. The molecule has 0 spiro atoms. The van der Waals surface area contributed by atoms with Crippen LogP contribution in [0.3, 0.4) is 0 Å². The van der Waals surface area contributed by atoms with Crippen LogP contribution in [0.2, 0.25) is 0 Å². The Labute approximate surface area is 179 Å². The monoisotopic (exact) mass is 421 g/mol. The molecule has 0 bridgehead atoms. The van der Waals surface area contributed by atoms with Crippen molar-refractivity contribution in [3.63, 3.8) is 0 Å². The molecule has 3 aromatic rings. The first-order chi connectivity index (χ1) is 14.6. The van der Waals surface area contributed by atoms with E-state index in [4.69, 9.17) is 10.3 Å². The van der Waals surface area contributed by atoms with Gasteiger partial charge in [0.15, 0.2) is 0 Å². The molecule has 0 saturated carbocycles. The smallest absolute Gasteiger partial charge is 0.243 e. The molecular formula is C22H23N5O2S. The Morgan fingerprint density at radius 2 is 2.03 bits per heavy atom. The molecule has 3 heterocycles. The number of nitrogen functional groups attached to an aromatic ring is 1. The van der Waals surface area contributed by atoms with Crippen LogP contribution in [0.15, 0.2) is 40.9 Å². The van der Waals surface area contributed by atoms with E-state index < -0.39 is 0 Å². The SMILES string of the molecule is CCN(c1sc(C(=O)c2cc(-c3ccccc3)no2)c(N)c1C#N)N1CCCCC1. The molecule has 1 aliphatic heterocycles. The number of thiophene rings is 1. The van der Waals surface area contributed by atoms with Crippen LogP contribution in [0, 0.1) is 11.3 Å². The minimum atomic E-state index is -0.357. The molecule has 0 atom stereocenters. The number of nitrogens with zero attached hydrogens (tertiary/aromatic N) is 4.